The molecule has 1 aliphatic carbocycles. The molecule has 2 unspecified atom stereocenters. The lowest BCUT2D eigenvalue weighted by Crippen LogP contribution is -2.12. The molecule has 0 saturated carbocycles. The molecule has 0 heterocycles. The van der Waals surface area contributed by atoms with Crippen molar-refractivity contribution in [2.75, 3.05) is 42.7 Å². The highest BCUT2D eigenvalue weighted by Crippen LogP contribution is 2.48. The van der Waals surface area contributed by atoms with E-state index in [0.717, 1.165) is 35.5 Å². The summed E-state index contributed by atoms with van der Waals surface area (Å²) in [6.07, 6.45) is 10.8. The molecular weight excluding hydrogens is 408 g/mol. The first-order chi connectivity index (χ1) is 15.6. The normalized spacial score (nSPS) is 19.8. The molecule has 0 radical (unpaired) electrons. The summed E-state index contributed by atoms with van der Waals surface area (Å²) in [5.41, 5.74) is 1.99. The zero-order valence-electron chi connectivity index (χ0n) is 19.6. The van der Waals surface area contributed by atoms with Gasteiger partial charge in [-0.1, -0.05) is 24.3 Å². The SMILES string of the molecule is COc1cc(OC)c(C2/C=C\CC/C=C\C2c2cc(OC)c(OC)cc2OC)cc1OC. The number of hydrogen-bond acceptors (Lipinski definition) is 6. The van der Waals surface area contributed by atoms with Crippen molar-refractivity contribution < 1.29 is 28.4 Å². The summed E-state index contributed by atoms with van der Waals surface area (Å²) in [6.45, 7) is 0. The fourth-order valence-corrected chi connectivity index (χ4v) is 4.14. The quantitative estimate of drug-likeness (QED) is 0.505. The van der Waals surface area contributed by atoms with Crippen molar-refractivity contribution in [3.05, 3.63) is 59.7 Å². The zero-order chi connectivity index (χ0) is 23.1. The predicted molar refractivity (Wildman–Crippen MR) is 125 cm³/mol. The maximum Gasteiger partial charge on any atom is 0.164 e. The summed E-state index contributed by atoms with van der Waals surface area (Å²) < 4.78 is 33.7. The van der Waals surface area contributed by atoms with E-state index < -0.39 is 0 Å². The van der Waals surface area contributed by atoms with Gasteiger partial charge in [-0.3, -0.25) is 0 Å². The Kier molecular flexibility index (Phi) is 7.92. The van der Waals surface area contributed by atoms with Crippen molar-refractivity contribution >= 4 is 0 Å². The number of hydrogen-bond donors (Lipinski definition) is 0. The van der Waals surface area contributed by atoms with Crippen molar-refractivity contribution in [2.45, 2.75) is 24.7 Å². The lowest BCUT2D eigenvalue weighted by Gasteiger charge is -2.28. The standard InChI is InChI=1S/C26H32O6/c1-27-21-15-25(31-5)23(29-3)13-19(21)17-11-9-7-8-10-12-18(17)20-14-24(30-4)26(32-6)16-22(20)28-2/h9-18H,7-8H2,1-6H3/b11-9-,12-10-. The van der Waals surface area contributed by atoms with Crippen LogP contribution in [0.5, 0.6) is 34.5 Å². The Morgan fingerprint density at radius 3 is 1.09 bits per heavy atom. The third kappa shape index (κ3) is 4.64. The first-order valence-electron chi connectivity index (χ1n) is 10.5. The largest absolute Gasteiger partial charge is 0.496 e. The highest BCUT2D eigenvalue weighted by atomic mass is 16.5. The molecule has 6 heteroatoms. The maximum atomic E-state index is 5.77. The molecule has 0 bridgehead atoms. The minimum absolute atomic E-state index is 0.0340. The van der Waals surface area contributed by atoms with Gasteiger partial charge in [0.1, 0.15) is 11.5 Å². The van der Waals surface area contributed by atoms with Gasteiger partial charge in [-0.15, -0.1) is 0 Å². The molecule has 0 aromatic heterocycles. The van der Waals surface area contributed by atoms with Crippen LogP contribution in [0, 0.1) is 0 Å². The molecular formula is C26H32O6. The maximum absolute atomic E-state index is 5.77. The summed E-state index contributed by atoms with van der Waals surface area (Å²) in [5.74, 6) is 3.95. The van der Waals surface area contributed by atoms with E-state index in [-0.39, 0.29) is 11.8 Å². The molecule has 6 nitrogen and oxygen atoms in total. The Hall–Kier alpha value is -3.28. The Labute approximate surface area is 190 Å². The third-order valence-electron chi connectivity index (χ3n) is 5.76. The molecule has 0 aliphatic heterocycles. The Balaban J connectivity index is 2.23. The molecule has 172 valence electrons. The van der Waals surface area contributed by atoms with Crippen LogP contribution in [0.15, 0.2) is 48.6 Å². The highest BCUT2D eigenvalue weighted by molar-refractivity contribution is 5.57. The van der Waals surface area contributed by atoms with Gasteiger partial charge in [0, 0.05) is 35.1 Å². The summed E-state index contributed by atoms with van der Waals surface area (Å²) in [7, 11) is 9.84. The second-order valence-corrected chi connectivity index (χ2v) is 7.38. The summed E-state index contributed by atoms with van der Waals surface area (Å²) in [5, 5.41) is 0. The first-order valence-corrected chi connectivity index (χ1v) is 10.5. The molecule has 1 aliphatic rings. The summed E-state index contributed by atoms with van der Waals surface area (Å²) in [4.78, 5) is 0. The number of ether oxygens (including phenoxy) is 6. The van der Waals surface area contributed by atoms with E-state index >= 15 is 0 Å². The van der Waals surface area contributed by atoms with Crippen molar-refractivity contribution in [3.8, 4) is 34.5 Å². The molecule has 3 rings (SSSR count). The summed E-state index contributed by atoms with van der Waals surface area (Å²) >= 11 is 0. The van der Waals surface area contributed by atoms with Crippen LogP contribution in [-0.2, 0) is 0 Å². The van der Waals surface area contributed by atoms with Gasteiger partial charge in [-0.05, 0) is 25.0 Å². The van der Waals surface area contributed by atoms with Gasteiger partial charge in [0.15, 0.2) is 23.0 Å². The van der Waals surface area contributed by atoms with E-state index in [9.17, 15) is 0 Å². The minimum Gasteiger partial charge on any atom is -0.496 e. The van der Waals surface area contributed by atoms with Gasteiger partial charge in [0.25, 0.3) is 0 Å². The smallest absolute Gasteiger partial charge is 0.164 e. The topological polar surface area (TPSA) is 55.4 Å². The minimum atomic E-state index is -0.0340. The van der Waals surface area contributed by atoms with Crippen molar-refractivity contribution in [1.82, 2.24) is 0 Å². The van der Waals surface area contributed by atoms with E-state index in [2.05, 4.69) is 24.3 Å². The van der Waals surface area contributed by atoms with E-state index in [0.29, 0.717) is 23.0 Å². The Morgan fingerprint density at radius 1 is 0.469 bits per heavy atom. The van der Waals surface area contributed by atoms with E-state index in [4.69, 9.17) is 28.4 Å². The van der Waals surface area contributed by atoms with Gasteiger partial charge in [-0.2, -0.15) is 0 Å². The van der Waals surface area contributed by atoms with Crippen LogP contribution < -0.4 is 28.4 Å². The van der Waals surface area contributed by atoms with Crippen LogP contribution in [0.25, 0.3) is 0 Å². The number of methoxy groups -OCH3 is 6. The van der Waals surface area contributed by atoms with Crippen LogP contribution in [0.3, 0.4) is 0 Å². The van der Waals surface area contributed by atoms with Gasteiger partial charge < -0.3 is 28.4 Å². The molecule has 32 heavy (non-hydrogen) atoms. The molecule has 2 atom stereocenters. The van der Waals surface area contributed by atoms with Crippen molar-refractivity contribution in [3.63, 3.8) is 0 Å². The molecule has 0 saturated heterocycles. The van der Waals surface area contributed by atoms with Gasteiger partial charge in [0.2, 0.25) is 0 Å². The van der Waals surface area contributed by atoms with Crippen LogP contribution in [-0.4, -0.2) is 42.7 Å². The molecule has 2 aromatic carbocycles. The van der Waals surface area contributed by atoms with Gasteiger partial charge in [0.05, 0.1) is 42.7 Å². The number of rotatable bonds is 8. The monoisotopic (exact) mass is 440 g/mol. The first kappa shape index (κ1) is 23.4. The van der Waals surface area contributed by atoms with Crippen LogP contribution in [0.2, 0.25) is 0 Å². The molecule has 0 spiro atoms. The van der Waals surface area contributed by atoms with Gasteiger partial charge >= 0.3 is 0 Å². The fourth-order valence-electron chi connectivity index (χ4n) is 4.14. The lowest BCUT2D eigenvalue weighted by molar-refractivity contribution is 0.345. The average molecular weight is 441 g/mol. The molecule has 0 N–H and O–H groups in total. The van der Waals surface area contributed by atoms with E-state index in [1.807, 2.05) is 24.3 Å². The van der Waals surface area contributed by atoms with Crippen LogP contribution in [0.1, 0.15) is 35.8 Å². The molecule has 0 fully saturated rings. The summed E-state index contributed by atoms with van der Waals surface area (Å²) in [6, 6.07) is 7.71. The van der Waals surface area contributed by atoms with Crippen LogP contribution >= 0.6 is 0 Å². The van der Waals surface area contributed by atoms with E-state index in [1.54, 1.807) is 42.7 Å². The Morgan fingerprint density at radius 2 is 0.781 bits per heavy atom. The number of benzene rings is 2. The average Bonchev–Trinajstić information content (AvgIpc) is 2.82. The predicted octanol–water partition coefficient (Wildman–Crippen LogP) is 5.51. The van der Waals surface area contributed by atoms with Crippen LogP contribution in [0.4, 0.5) is 0 Å². The number of allylic oxidation sites excluding steroid dienone is 4. The van der Waals surface area contributed by atoms with Gasteiger partial charge in [-0.25, -0.2) is 0 Å². The lowest BCUT2D eigenvalue weighted by atomic mass is 9.78. The second-order valence-electron chi connectivity index (χ2n) is 7.38. The van der Waals surface area contributed by atoms with Crippen molar-refractivity contribution in [2.24, 2.45) is 0 Å². The zero-order valence-corrected chi connectivity index (χ0v) is 19.6. The van der Waals surface area contributed by atoms with Crippen molar-refractivity contribution in [1.29, 1.82) is 0 Å². The third-order valence-corrected chi connectivity index (χ3v) is 5.76. The van der Waals surface area contributed by atoms with E-state index in [1.165, 1.54) is 0 Å². The highest BCUT2D eigenvalue weighted by Gasteiger charge is 2.29. The molecule has 2 aromatic rings. The fraction of sp³-hybridized carbons (Fsp3) is 0.385. The Bertz CT molecular complexity index is 899. The molecule has 0 amide bonds. The second kappa shape index (κ2) is 10.8.